The van der Waals surface area contributed by atoms with Crippen LogP contribution < -0.4 is 5.32 Å². The minimum Gasteiger partial charge on any atom is -0.481 e. The van der Waals surface area contributed by atoms with Crippen LogP contribution in [-0.2, 0) is 14.3 Å². The first-order valence-electron chi connectivity index (χ1n) is 12.0. The number of ether oxygens (including phenoxy) is 1. The molecule has 0 spiro atoms. The summed E-state index contributed by atoms with van der Waals surface area (Å²) in [6.45, 7) is 1.95. The van der Waals surface area contributed by atoms with Gasteiger partial charge in [0.2, 0.25) is 5.91 Å². The topological polar surface area (TPSA) is 95.9 Å². The molecule has 0 heterocycles. The van der Waals surface area contributed by atoms with Crippen LogP contribution in [0, 0.1) is 11.8 Å². The molecule has 2 aliphatic rings. The summed E-state index contributed by atoms with van der Waals surface area (Å²) in [4.78, 5) is 38.4. The normalized spacial score (nSPS) is 20.1. The number of carbonyl (C=O) groups excluding carboxylic acids is 2. The third-order valence-corrected chi connectivity index (χ3v) is 7.08. The van der Waals surface area contributed by atoms with E-state index in [1.54, 1.807) is 14.0 Å². The van der Waals surface area contributed by atoms with Crippen LogP contribution in [0.3, 0.4) is 0 Å². The van der Waals surface area contributed by atoms with Gasteiger partial charge >= 0.3 is 12.1 Å². The van der Waals surface area contributed by atoms with Crippen molar-refractivity contribution in [2.45, 2.75) is 44.6 Å². The van der Waals surface area contributed by atoms with E-state index in [2.05, 4.69) is 29.6 Å². The van der Waals surface area contributed by atoms with E-state index in [9.17, 15) is 14.4 Å². The van der Waals surface area contributed by atoms with Crippen LogP contribution in [0.15, 0.2) is 48.5 Å². The fourth-order valence-electron chi connectivity index (χ4n) is 5.25. The van der Waals surface area contributed by atoms with Crippen molar-refractivity contribution >= 4 is 18.0 Å². The van der Waals surface area contributed by atoms with Crippen LogP contribution in [0.25, 0.3) is 11.1 Å². The first-order chi connectivity index (χ1) is 16.4. The molecule has 2 aromatic rings. The van der Waals surface area contributed by atoms with Crippen molar-refractivity contribution in [1.29, 1.82) is 0 Å². The van der Waals surface area contributed by atoms with Gasteiger partial charge in [-0.25, -0.2) is 4.79 Å². The molecule has 4 rings (SSSR count). The van der Waals surface area contributed by atoms with Crippen molar-refractivity contribution in [2.24, 2.45) is 11.8 Å². The summed E-state index contributed by atoms with van der Waals surface area (Å²) in [5.74, 6) is -2.11. The second kappa shape index (κ2) is 10.3. The van der Waals surface area contributed by atoms with Gasteiger partial charge in [0.25, 0.3) is 0 Å². The molecule has 2 aliphatic carbocycles. The lowest BCUT2D eigenvalue weighted by atomic mass is 9.83. The number of hydrogen-bond acceptors (Lipinski definition) is 4. The van der Waals surface area contributed by atoms with Gasteiger partial charge in [-0.3, -0.25) is 9.59 Å². The molecule has 0 radical (unpaired) electrons. The maximum absolute atomic E-state index is 13.0. The Morgan fingerprint density at radius 2 is 1.62 bits per heavy atom. The molecule has 2 aromatic carbocycles. The van der Waals surface area contributed by atoms with Gasteiger partial charge in [-0.1, -0.05) is 68.3 Å². The molecular weight excluding hydrogens is 432 g/mol. The number of carboxylic acids is 1. The molecule has 2 amide bonds. The van der Waals surface area contributed by atoms with Gasteiger partial charge in [-0.15, -0.1) is 0 Å². The summed E-state index contributed by atoms with van der Waals surface area (Å²) >= 11 is 0. The molecule has 1 fully saturated rings. The number of hydrogen-bond donors (Lipinski definition) is 2. The third-order valence-electron chi connectivity index (χ3n) is 7.08. The second-order valence-electron chi connectivity index (χ2n) is 9.43. The largest absolute Gasteiger partial charge is 0.481 e. The van der Waals surface area contributed by atoms with Gasteiger partial charge in [0, 0.05) is 25.6 Å². The van der Waals surface area contributed by atoms with E-state index in [0.29, 0.717) is 12.8 Å². The lowest BCUT2D eigenvalue weighted by Gasteiger charge is -2.34. The Morgan fingerprint density at radius 3 is 2.24 bits per heavy atom. The molecule has 34 heavy (non-hydrogen) atoms. The van der Waals surface area contributed by atoms with Gasteiger partial charge in [0.15, 0.2) is 0 Å². The van der Waals surface area contributed by atoms with Gasteiger partial charge in [-0.05, 0) is 35.1 Å². The Morgan fingerprint density at radius 1 is 1.03 bits per heavy atom. The molecule has 0 saturated heterocycles. The number of benzene rings is 2. The van der Waals surface area contributed by atoms with Crippen LogP contribution in [0.2, 0.25) is 0 Å². The van der Waals surface area contributed by atoms with Crippen molar-refractivity contribution in [3.8, 4) is 11.1 Å². The first-order valence-corrected chi connectivity index (χ1v) is 12.0. The highest BCUT2D eigenvalue weighted by Crippen LogP contribution is 2.44. The molecule has 0 bridgehead atoms. The summed E-state index contributed by atoms with van der Waals surface area (Å²) < 4.78 is 5.67. The number of fused-ring (bicyclic) bond motifs is 3. The average molecular weight is 465 g/mol. The van der Waals surface area contributed by atoms with E-state index in [-0.39, 0.29) is 36.9 Å². The lowest BCUT2D eigenvalue weighted by molar-refractivity contribution is -0.143. The monoisotopic (exact) mass is 464 g/mol. The van der Waals surface area contributed by atoms with E-state index in [1.165, 1.54) is 16.0 Å². The maximum atomic E-state index is 13.0. The Kier molecular flexibility index (Phi) is 7.20. The van der Waals surface area contributed by atoms with Crippen molar-refractivity contribution in [1.82, 2.24) is 10.2 Å². The Labute approximate surface area is 200 Å². The fraction of sp³-hybridized carbons (Fsp3) is 0.444. The smallest absolute Gasteiger partial charge is 0.407 e. The van der Waals surface area contributed by atoms with E-state index >= 15 is 0 Å². The molecule has 7 nitrogen and oxygen atoms in total. The number of nitrogens with zero attached hydrogens (tertiary/aromatic N) is 1. The van der Waals surface area contributed by atoms with Crippen LogP contribution >= 0.6 is 0 Å². The number of amides is 2. The molecule has 7 heteroatoms. The number of carbonyl (C=O) groups is 3. The predicted molar refractivity (Wildman–Crippen MR) is 128 cm³/mol. The molecule has 3 atom stereocenters. The number of aliphatic carboxylic acids is 1. The van der Waals surface area contributed by atoms with Gasteiger partial charge in [0.1, 0.15) is 6.61 Å². The first kappa shape index (κ1) is 23.8. The molecule has 1 saturated carbocycles. The van der Waals surface area contributed by atoms with Gasteiger partial charge < -0.3 is 20.1 Å². The maximum Gasteiger partial charge on any atom is 0.407 e. The molecule has 0 aliphatic heterocycles. The Hall–Kier alpha value is -3.35. The highest BCUT2D eigenvalue weighted by atomic mass is 16.5. The molecule has 2 N–H and O–H groups in total. The third kappa shape index (κ3) is 4.93. The second-order valence-corrected chi connectivity index (χ2v) is 9.43. The van der Waals surface area contributed by atoms with Crippen LogP contribution in [-0.4, -0.2) is 54.2 Å². The number of nitrogens with one attached hydrogen (secondary N) is 1. The molecule has 180 valence electrons. The zero-order chi connectivity index (χ0) is 24.2. The summed E-state index contributed by atoms with van der Waals surface area (Å²) in [5.41, 5.74) is 4.64. The van der Waals surface area contributed by atoms with Crippen molar-refractivity contribution in [3.05, 3.63) is 59.7 Å². The van der Waals surface area contributed by atoms with Crippen molar-refractivity contribution in [2.75, 3.05) is 20.2 Å². The standard InChI is InChI=1S/C27H32N2O5/c1-17(26(31)32)15-29(2)25(30)22-13-7-8-14-24(22)28-27(33)34-16-23-20-11-5-3-9-18(20)19-10-4-6-12-21(19)23/h3-6,9-12,17,22-24H,7-8,13-16H2,1-2H3,(H,28,33)(H,31,32). The number of rotatable bonds is 7. The highest BCUT2D eigenvalue weighted by molar-refractivity contribution is 5.81. The SMILES string of the molecule is CC(CN(C)C(=O)C1CCCCC1NC(=O)OCC1c2ccccc2-c2ccccc21)C(=O)O. The predicted octanol–water partition coefficient (Wildman–Crippen LogP) is 4.26. The summed E-state index contributed by atoms with van der Waals surface area (Å²) in [5, 5.41) is 12.1. The fourth-order valence-corrected chi connectivity index (χ4v) is 5.25. The summed E-state index contributed by atoms with van der Waals surface area (Å²) in [6.07, 6.45) is 2.67. The van der Waals surface area contributed by atoms with Gasteiger partial charge in [0.05, 0.1) is 11.8 Å². The quantitative estimate of drug-likeness (QED) is 0.638. The van der Waals surface area contributed by atoms with Crippen LogP contribution in [0.1, 0.15) is 49.7 Å². The lowest BCUT2D eigenvalue weighted by Crippen LogP contribution is -2.49. The highest BCUT2D eigenvalue weighted by Gasteiger charge is 2.35. The summed E-state index contributed by atoms with van der Waals surface area (Å²) in [6, 6.07) is 16.0. The van der Waals surface area contributed by atoms with E-state index < -0.39 is 18.0 Å². The zero-order valence-electron chi connectivity index (χ0n) is 19.7. The zero-order valence-corrected chi connectivity index (χ0v) is 19.7. The summed E-state index contributed by atoms with van der Waals surface area (Å²) in [7, 11) is 1.63. The Bertz CT molecular complexity index is 1020. The minimum absolute atomic E-state index is 0.0226. The van der Waals surface area contributed by atoms with E-state index in [1.807, 2.05) is 24.3 Å². The molecule has 3 unspecified atom stereocenters. The Balaban J connectivity index is 1.38. The van der Waals surface area contributed by atoms with E-state index in [0.717, 1.165) is 24.0 Å². The molecule has 0 aromatic heterocycles. The number of alkyl carbamates (subject to hydrolysis) is 1. The van der Waals surface area contributed by atoms with Crippen molar-refractivity contribution in [3.63, 3.8) is 0 Å². The van der Waals surface area contributed by atoms with E-state index in [4.69, 9.17) is 9.84 Å². The number of carboxylic acid groups (broad SMARTS) is 1. The van der Waals surface area contributed by atoms with Crippen LogP contribution in [0.4, 0.5) is 4.79 Å². The van der Waals surface area contributed by atoms with Crippen LogP contribution in [0.5, 0.6) is 0 Å². The van der Waals surface area contributed by atoms with Crippen molar-refractivity contribution < 1.29 is 24.2 Å². The molecular formula is C27H32N2O5. The minimum atomic E-state index is -0.934. The van der Waals surface area contributed by atoms with Gasteiger partial charge in [-0.2, -0.15) is 0 Å². The average Bonchev–Trinajstić information content (AvgIpc) is 3.16.